The predicted octanol–water partition coefficient (Wildman–Crippen LogP) is 1.30. The van der Waals surface area contributed by atoms with Gasteiger partial charge in [-0.05, 0) is 31.4 Å². The molecule has 124 valence electrons. The van der Waals surface area contributed by atoms with Crippen molar-refractivity contribution < 1.29 is 23.5 Å². The van der Waals surface area contributed by atoms with Gasteiger partial charge in [0, 0.05) is 24.8 Å². The Bertz CT molecular complexity index is 638. The van der Waals surface area contributed by atoms with Crippen LogP contribution in [0, 0.1) is 17.6 Å². The average Bonchev–Trinajstić information content (AvgIpc) is 3.16. The summed E-state index contributed by atoms with van der Waals surface area (Å²) in [5.41, 5.74) is 0.254. The lowest BCUT2D eigenvalue weighted by atomic mass is 10.1. The van der Waals surface area contributed by atoms with E-state index < -0.39 is 23.5 Å². The van der Waals surface area contributed by atoms with Crippen LogP contribution in [0.2, 0.25) is 0 Å². The molecule has 2 amide bonds. The lowest BCUT2D eigenvalue weighted by molar-refractivity contribution is -0.141. The van der Waals surface area contributed by atoms with E-state index in [1.54, 1.807) is 4.90 Å². The van der Waals surface area contributed by atoms with Gasteiger partial charge in [0.15, 0.2) is 11.6 Å². The molecule has 2 atom stereocenters. The molecule has 1 N–H and O–H groups in total. The summed E-state index contributed by atoms with van der Waals surface area (Å²) >= 11 is 0. The van der Waals surface area contributed by atoms with Crippen molar-refractivity contribution in [1.82, 2.24) is 4.90 Å². The summed E-state index contributed by atoms with van der Waals surface area (Å²) in [6.07, 6.45) is 1.88. The van der Waals surface area contributed by atoms with Crippen LogP contribution in [0.4, 0.5) is 14.5 Å². The van der Waals surface area contributed by atoms with E-state index in [2.05, 4.69) is 0 Å². The number of carbonyl (C=O) groups is 2. The fourth-order valence-electron chi connectivity index (χ4n) is 3.33. The number of benzene rings is 1. The topological polar surface area (TPSA) is 60.9 Å². The van der Waals surface area contributed by atoms with Gasteiger partial charge in [-0.2, -0.15) is 0 Å². The lowest BCUT2D eigenvalue weighted by Crippen LogP contribution is -2.43. The zero-order valence-electron chi connectivity index (χ0n) is 12.5. The largest absolute Gasteiger partial charge is 0.394 e. The molecule has 0 saturated carbocycles. The summed E-state index contributed by atoms with van der Waals surface area (Å²) in [6.45, 7) is 0.719. The maximum Gasteiger partial charge on any atom is 0.239 e. The maximum atomic E-state index is 13.3. The number of hydrogen-bond acceptors (Lipinski definition) is 3. The summed E-state index contributed by atoms with van der Waals surface area (Å²) in [4.78, 5) is 27.9. The minimum atomic E-state index is -1.02. The molecule has 1 aromatic rings. The molecule has 7 heteroatoms. The van der Waals surface area contributed by atoms with Crippen molar-refractivity contribution in [3.8, 4) is 0 Å². The molecule has 5 nitrogen and oxygen atoms in total. The van der Waals surface area contributed by atoms with Crippen molar-refractivity contribution >= 4 is 17.5 Å². The van der Waals surface area contributed by atoms with Crippen molar-refractivity contribution in [3.63, 3.8) is 0 Å². The highest BCUT2D eigenvalue weighted by molar-refractivity contribution is 6.09. The van der Waals surface area contributed by atoms with E-state index in [9.17, 15) is 23.5 Å². The number of nitrogens with zero attached hydrogens (tertiary/aromatic N) is 2. The SMILES string of the molecule is O=C1C(C(=O)N2CCC[C@@H]2CO)CCN1c1ccc(F)c(F)c1. The Hall–Kier alpha value is -2.02. The van der Waals surface area contributed by atoms with Crippen LogP contribution in [0.5, 0.6) is 0 Å². The Morgan fingerprint density at radius 1 is 1.22 bits per heavy atom. The van der Waals surface area contributed by atoms with Crippen LogP contribution in [-0.2, 0) is 9.59 Å². The first-order chi connectivity index (χ1) is 11.0. The van der Waals surface area contributed by atoms with Crippen LogP contribution < -0.4 is 4.90 Å². The average molecular weight is 324 g/mol. The molecule has 2 heterocycles. The monoisotopic (exact) mass is 324 g/mol. The highest BCUT2D eigenvalue weighted by Crippen LogP contribution is 2.29. The predicted molar refractivity (Wildman–Crippen MR) is 78.6 cm³/mol. The van der Waals surface area contributed by atoms with Gasteiger partial charge in [0.1, 0.15) is 5.92 Å². The van der Waals surface area contributed by atoms with E-state index in [0.717, 1.165) is 25.0 Å². The van der Waals surface area contributed by atoms with E-state index in [4.69, 9.17) is 0 Å². The van der Waals surface area contributed by atoms with E-state index in [1.165, 1.54) is 11.0 Å². The minimum absolute atomic E-state index is 0.112. The molecule has 23 heavy (non-hydrogen) atoms. The fraction of sp³-hybridized carbons (Fsp3) is 0.500. The van der Waals surface area contributed by atoms with Crippen molar-refractivity contribution in [3.05, 3.63) is 29.8 Å². The van der Waals surface area contributed by atoms with Gasteiger partial charge >= 0.3 is 0 Å². The second kappa shape index (κ2) is 6.23. The Morgan fingerprint density at radius 2 is 2.00 bits per heavy atom. The Morgan fingerprint density at radius 3 is 2.70 bits per heavy atom. The number of anilines is 1. The normalized spacial score (nSPS) is 24.6. The van der Waals surface area contributed by atoms with Crippen molar-refractivity contribution in [2.45, 2.75) is 25.3 Å². The Balaban J connectivity index is 1.76. The third-order valence-corrected chi connectivity index (χ3v) is 4.59. The summed E-state index contributed by atoms with van der Waals surface area (Å²) in [5.74, 6) is -3.49. The van der Waals surface area contributed by atoms with Crippen LogP contribution in [0.3, 0.4) is 0 Å². The lowest BCUT2D eigenvalue weighted by Gasteiger charge is -2.25. The molecule has 2 fully saturated rings. The third kappa shape index (κ3) is 2.81. The van der Waals surface area contributed by atoms with Gasteiger partial charge in [-0.25, -0.2) is 8.78 Å². The number of carbonyl (C=O) groups excluding carboxylic acids is 2. The van der Waals surface area contributed by atoms with Crippen LogP contribution >= 0.6 is 0 Å². The van der Waals surface area contributed by atoms with Gasteiger partial charge in [0.25, 0.3) is 0 Å². The van der Waals surface area contributed by atoms with Gasteiger partial charge in [0.2, 0.25) is 11.8 Å². The second-order valence-corrected chi connectivity index (χ2v) is 5.94. The molecule has 1 aromatic carbocycles. The van der Waals surface area contributed by atoms with Gasteiger partial charge in [-0.15, -0.1) is 0 Å². The second-order valence-electron chi connectivity index (χ2n) is 5.94. The number of rotatable bonds is 3. The molecule has 0 spiro atoms. The number of hydrogen-bond donors (Lipinski definition) is 1. The van der Waals surface area contributed by atoms with Gasteiger partial charge in [-0.3, -0.25) is 9.59 Å². The van der Waals surface area contributed by atoms with E-state index in [0.29, 0.717) is 13.0 Å². The maximum absolute atomic E-state index is 13.3. The summed E-state index contributed by atoms with van der Waals surface area (Å²) < 4.78 is 26.4. The molecule has 0 bridgehead atoms. The molecule has 2 aliphatic rings. The zero-order chi connectivity index (χ0) is 16.6. The molecule has 3 rings (SSSR count). The van der Waals surface area contributed by atoms with Gasteiger partial charge in [0.05, 0.1) is 12.6 Å². The highest BCUT2D eigenvalue weighted by Gasteiger charge is 2.42. The summed E-state index contributed by atoms with van der Waals surface area (Å²) in [5, 5.41) is 9.31. The Kier molecular flexibility index (Phi) is 4.30. The van der Waals surface area contributed by atoms with E-state index in [1.807, 2.05) is 0 Å². The molecule has 1 unspecified atom stereocenters. The first kappa shape index (κ1) is 15.9. The van der Waals surface area contributed by atoms with Crippen LogP contribution in [0.25, 0.3) is 0 Å². The van der Waals surface area contributed by atoms with E-state index in [-0.39, 0.29) is 30.8 Å². The number of aliphatic hydroxyl groups is 1. The number of halogens is 2. The number of likely N-dealkylation sites (tertiary alicyclic amines) is 1. The molecule has 2 saturated heterocycles. The van der Waals surface area contributed by atoms with E-state index >= 15 is 0 Å². The standard InChI is InChI=1S/C16H18F2N2O3/c17-13-4-3-10(8-14(13)18)20-7-5-12(16(20)23)15(22)19-6-1-2-11(19)9-21/h3-4,8,11-12,21H,1-2,5-7,9H2/t11-,12?/m1/s1. The molecule has 0 aliphatic carbocycles. The molecule has 0 aromatic heterocycles. The quantitative estimate of drug-likeness (QED) is 0.853. The van der Waals surface area contributed by atoms with Crippen LogP contribution in [0.15, 0.2) is 18.2 Å². The number of aliphatic hydroxyl groups excluding tert-OH is 1. The molecular formula is C16H18F2N2O3. The molecular weight excluding hydrogens is 306 g/mol. The smallest absolute Gasteiger partial charge is 0.239 e. The van der Waals surface area contributed by atoms with Gasteiger partial charge in [-0.1, -0.05) is 0 Å². The minimum Gasteiger partial charge on any atom is -0.394 e. The Labute approximate surface area is 132 Å². The van der Waals surface area contributed by atoms with Crippen LogP contribution in [0.1, 0.15) is 19.3 Å². The molecule has 0 radical (unpaired) electrons. The van der Waals surface area contributed by atoms with Crippen LogP contribution in [-0.4, -0.2) is 47.6 Å². The first-order valence-corrected chi connectivity index (χ1v) is 7.70. The van der Waals surface area contributed by atoms with Crippen molar-refractivity contribution in [2.24, 2.45) is 5.92 Å². The zero-order valence-corrected chi connectivity index (χ0v) is 12.5. The van der Waals surface area contributed by atoms with Crippen molar-refractivity contribution in [2.75, 3.05) is 24.6 Å². The third-order valence-electron chi connectivity index (χ3n) is 4.59. The highest BCUT2D eigenvalue weighted by atomic mass is 19.2. The molecule has 2 aliphatic heterocycles. The van der Waals surface area contributed by atoms with Crippen molar-refractivity contribution in [1.29, 1.82) is 0 Å². The summed E-state index contributed by atoms with van der Waals surface area (Å²) in [6, 6.07) is 3.03. The summed E-state index contributed by atoms with van der Waals surface area (Å²) in [7, 11) is 0. The first-order valence-electron chi connectivity index (χ1n) is 7.70. The fourth-order valence-corrected chi connectivity index (χ4v) is 3.33. The number of amides is 2. The van der Waals surface area contributed by atoms with Gasteiger partial charge < -0.3 is 14.9 Å².